The molecule has 0 fully saturated rings. The van der Waals surface area contributed by atoms with E-state index in [-0.39, 0.29) is 16.4 Å². The Balaban J connectivity index is 3.16. The van der Waals surface area contributed by atoms with Gasteiger partial charge in [-0.25, -0.2) is 0 Å². The molecular formula is C18H24AsN2O9S3-. The Labute approximate surface area is 203 Å². The molecule has 0 spiro atoms. The fraction of sp³-hybridized carbons (Fsp3) is 0.444. The molecule has 3 atom stereocenters. The van der Waals surface area contributed by atoms with Crippen LogP contribution in [0.25, 0.3) is 0 Å². The number of benzene rings is 1. The van der Waals surface area contributed by atoms with Crippen LogP contribution in [0.5, 0.6) is 0 Å². The molecule has 184 valence electrons. The molecular weight excluding hydrogens is 559 g/mol. The van der Waals surface area contributed by atoms with E-state index < -0.39 is 58.3 Å². The van der Waals surface area contributed by atoms with Gasteiger partial charge >= 0.3 is 204 Å². The molecule has 0 aliphatic heterocycles. The maximum absolute atomic E-state index is 12.0. The quantitative estimate of drug-likeness (QED) is 0.103. The van der Waals surface area contributed by atoms with Crippen LogP contribution < -0.4 is 14.8 Å². The van der Waals surface area contributed by atoms with E-state index in [0.29, 0.717) is 0 Å². The van der Waals surface area contributed by atoms with Crippen LogP contribution in [0, 0.1) is 0 Å². The first-order valence-electron chi connectivity index (χ1n) is 9.16. The third-order valence-electron chi connectivity index (χ3n) is 3.73. The molecule has 1 amide bonds. The van der Waals surface area contributed by atoms with E-state index in [9.17, 15) is 32.5 Å². The maximum atomic E-state index is 12.0. The molecule has 0 bridgehead atoms. The fourth-order valence-electron chi connectivity index (χ4n) is 2.28. The van der Waals surface area contributed by atoms with Crippen molar-refractivity contribution < 1.29 is 41.9 Å². The third kappa shape index (κ3) is 10.4. The number of hydrogen-bond donors (Lipinski definition) is 2. The molecule has 1 aromatic rings. The Hall–Kier alpha value is -1.73. The van der Waals surface area contributed by atoms with Gasteiger partial charge in [0.25, 0.3) is 0 Å². The molecule has 1 aromatic carbocycles. The van der Waals surface area contributed by atoms with Gasteiger partial charge in [-0.05, 0) is 0 Å². The molecule has 0 saturated carbocycles. The van der Waals surface area contributed by atoms with Gasteiger partial charge in [0.2, 0.25) is 0 Å². The van der Waals surface area contributed by atoms with Gasteiger partial charge in [-0.15, -0.1) is 0 Å². The van der Waals surface area contributed by atoms with Crippen molar-refractivity contribution in [2.45, 2.75) is 30.8 Å². The monoisotopic (exact) mass is 583 g/mol. The van der Waals surface area contributed by atoms with E-state index in [0.717, 1.165) is 4.35 Å². The zero-order chi connectivity index (χ0) is 25.2. The molecule has 0 radical (unpaired) electrons. The second-order valence-corrected chi connectivity index (χ2v) is 19.3. The predicted molar refractivity (Wildman–Crippen MR) is 125 cm³/mol. The molecule has 15 heteroatoms. The molecule has 33 heavy (non-hydrogen) atoms. The molecule has 0 saturated heterocycles. The number of carbonyl (C=O) groups excluding carboxylic acids is 3. The Morgan fingerprint density at radius 1 is 1.09 bits per heavy atom. The van der Waals surface area contributed by atoms with Gasteiger partial charge in [-0.1, -0.05) is 0 Å². The summed E-state index contributed by atoms with van der Waals surface area (Å²) < 4.78 is 42.0. The summed E-state index contributed by atoms with van der Waals surface area (Å²) in [5.41, 5.74) is 0. The number of amides is 1. The van der Waals surface area contributed by atoms with Crippen molar-refractivity contribution in [3.63, 3.8) is 0 Å². The Bertz CT molecular complexity index is 967. The summed E-state index contributed by atoms with van der Waals surface area (Å²) in [6, 6.07) is 3.62. The number of carbonyl (C=O) groups is 3. The van der Waals surface area contributed by atoms with Gasteiger partial charge in [-0.3, -0.25) is 0 Å². The Morgan fingerprint density at radius 3 is 2.09 bits per heavy atom. The molecule has 2 N–H and O–H groups in total. The second kappa shape index (κ2) is 13.8. The van der Waals surface area contributed by atoms with Crippen LogP contribution in [0.2, 0.25) is 0 Å². The van der Waals surface area contributed by atoms with Crippen LogP contribution in [-0.2, 0) is 34.0 Å². The van der Waals surface area contributed by atoms with E-state index in [1.54, 1.807) is 0 Å². The average molecular weight is 584 g/mol. The van der Waals surface area contributed by atoms with Crippen molar-refractivity contribution in [2.24, 2.45) is 4.99 Å². The minimum atomic E-state index is -4.37. The van der Waals surface area contributed by atoms with E-state index >= 15 is 0 Å². The van der Waals surface area contributed by atoms with Crippen LogP contribution in [0.3, 0.4) is 0 Å². The predicted octanol–water partition coefficient (Wildman–Crippen LogP) is -0.907. The van der Waals surface area contributed by atoms with Gasteiger partial charge in [0, 0.05) is 0 Å². The molecule has 0 aliphatic carbocycles. The molecule has 0 heterocycles. The molecule has 11 nitrogen and oxygen atoms in total. The van der Waals surface area contributed by atoms with Crippen molar-refractivity contribution in [2.75, 3.05) is 25.7 Å². The average Bonchev–Trinajstić information content (AvgIpc) is 2.75. The summed E-state index contributed by atoms with van der Waals surface area (Å²) in [7, 11) is 0.721. The standard InChI is InChI=1S/C18H25AsN2O9S3/c1-11(22)20-15(17(24)29-3)9-31-19(13-5-7-14(8-6-13)33(26,27)28)32-10-16(18(25)30-4)21-12(2)23/h5-8,15-16H,9-10H2,1-4H3,(H,20,22)(H,21,23)(H,26,27,28)/p-1/t15-,16-/m0/s1. The van der Waals surface area contributed by atoms with E-state index in [1.165, 1.54) is 72.4 Å². The zero-order valence-electron chi connectivity index (χ0n) is 18.2. The zero-order valence-corrected chi connectivity index (χ0v) is 22.5. The van der Waals surface area contributed by atoms with E-state index in [4.69, 9.17) is 9.47 Å². The number of hydrogen-bond acceptors (Lipinski definition) is 11. The van der Waals surface area contributed by atoms with Crippen LogP contribution in [0.1, 0.15) is 13.8 Å². The summed E-state index contributed by atoms with van der Waals surface area (Å²) in [6.07, 6.45) is 0. The molecule has 0 aromatic heterocycles. The fourth-order valence-corrected chi connectivity index (χ4v) is 15.1. The van der Waals surface area contributed by atoms with Gasteiger partial charge in [0.15, 0.2) is 0 Å². The van der Waals surface area contributed by atoms with Crippen molar-refractivity contribution in [1.82, 2.24) is 5.32 Å². The van der Waals surface area contributed by atoms with Crippen LogP contribution in [0.4, 0.5) is 0 Å². The number of aliphatic imine (C=N–C) groups is 1. The SMILES string of the molecule is COC(=O)[C@H](CS[As](SC[C@H](NC(C)=O)C(=O)OC)c1ccc(S(=O)(=O)O)cc1)N=C(C)[O-]. The van der Waals surface area contributed by atoms with E-state index in [2.05, 4.69) is 10.3 Å². The third-order valence-corrected chi connectivity index (χ3v) is 17.8. The normalized spacial score (nSPS) is 14.6. The molecule has 0 aliphatic rings. The van der Waals surface area contributed by atoms with Crippen LogP contribution in [-0.4, -0.2) is 86.9 Å². The summed E-state index contributed by atoms with van der Waals surface area (Å²) in [6.45, 7) is 2.48. The summed E-state index contributed by atoms with van der Waals surface area (Å²) in [4.78, 5) is 39.0. The first-order valence-corrected chi connectivity index (χ1v) is 18.0. The summed E-state index contributed by atoms with van der Waals surface area (Å²) >= 11 is -2.24. The number of rotatable bonds is 12. The van der Waals surface area contributed by atoms with Crippen molar-refractivity contribution >= 4 is 70.6 Å². The number of ether oxygens (including phenoxy) is 2. The van der Waals surface area contributed by atoms with Crippen molar-refractivity contribution in [1.29, 1.82) is 0 Å². The van der Waals surface area contributed by atoms with Gasteiger partial charge in [-0.2, -0.15) is 0 Å². The van der Waals surface area contributed by atoms with Crippen molar-refractivity contribution in [3.8, 4) is 0 Å². The van der Waals surface area contributed by atoms with Gasteiger partial charge in [0.1, 0.15) is 0 Å². The first kappa shape index (κ1) is 29.3. The number of nitrogens with zero attached hydrogens (tertiary/aromatic N) is 1. The summed E-state index contributed by atoms with van der Waals surface area (Å²) in [5, 5.41) is 13.9. The number of methoxy groups -OCH3 is 2. The minimum absolute atomic E-state index is 0.113. The number of nitrogens with one attached hydrogen (secondary N) is 1. The summed E-state index contributed by atoms with van der Waals surface area (Å²) in [5.74, 6) is -1.98. The Morgan fingerprint density at radius 2 is 1.64 bits per heavy atom. The number of esters is 2. The second-order valence-electron chi connectivity index (χ2n) is 6.28. The van der Waals surface area contributed by atoms with Crippen LogP contribution >= 0.6 is 20.0 Å². The molecule has 1 unspecified atom stereocenters. The Kier molecular flexibility index (Phi) is 12.3. The van der Waals surface area contributed by atoms with Crippen LogP contribution in [0.15, 0.2) is 34.2 Å². The van der Waals surface area contributed by atoms with Gasteiger partial charge in [0.05, 0.1) is 0 Å². The first-order chi connectivity index (χ1) is 15.4. The van der Waals surface area contributed by atoms with Crippen molar-refractivity contribution in [3.05, 3.63) is 24.3 Å². The molecule has 1 rings (SSSR count). The van der Waals surface area contributed by atoms with Gasteiger partial charge < -0.3 is 0 Å². The van der Waals surface area contributed by atoms with E-state index in [1.807, 2.05) is 0 Å². The topological polar surface area (TPSA) is 171 Å².